The number of nitro benzene ring substituents is 4. The van der Waals surface area contributed by atoms with Crippen molar-refractivity contribution >= 4 is 40.5 Å². The molecule has 39 heavy (non-hydrogen) atoms. The number of hydrogen-bond donors (Lipinski definition) is 0. The van der Waals surface area contributed by atoms with Crippen molar-refractivity contribution in [1.82, 2.24) is 0 Å². The molecule has 3 rings (SSSR count). The van der Waals surface area contributed by atoms with Crippen LogP contribution in [-0.4, -0.2) is 37.4 Å². The van der Waals surface area contributed by atoms with E-state index >= 15 is 0 Å². The van der Waals surface area contributed by atoms with Crippen molar-refractivity contribution in [3.8, 4) is 11.5 Å². The first-order valence-electron chi connectivity index (χ1n) is 10.2. The van der Waals surface area contributed by atoms with Crippen LogP contribution in [0.2, 0.25) is 0 Å². The van der Waals surface area contributed by atoms with E-state index in [2.05, 4.69) is 0 Å². The molecular formula is C22H12N4O13. The van der Waals surface area contributed by atoms with E-state index in [1.165, 1.54) is 0 Å². The number of rotatable bonds is 9. The number of carbonyl (C=O) groups is 3. The Labute approximate surface area is 214 Å². The van der Waals surface area contributed by atoms with Gasteiger partial charge < -0.3 is 9.47 Å². The summed E-state index contributed by atoms with van der Waals surface area (Å²) in [6.07, 6.45) is 0. The molecule has 0 bridgehead atoms. The molecule has 0 saturated heterocycles. The van der Waals surface area contributed by atoms with Gasteiger partial charge in [-0.2, -0.15) is 0 Å². The molecule has 3 aromatic carbocycles. The Kier molecular flexibility index (Phi) is 7.65. The minimum Gasteiger partial charge on any atom is -0.423 e. The first kappa shape index (κ1) is 27.5. The fraction of sp³-hybridized carbons (Fsp3) is 0.0455. The number of Topliss-reactive ketones (excluding diaryl/α,β-unsaturated/α-hetero) is 1. The van der Waals surface area contributed by atoms with Gasteiger partial charge in [0.15, 0.2) is 5.78 Å². The molecule has 17 nitrogen and oxygen atoms in total. The van der Waals surface area contributed by atoms with Gasteiger partial charge in [0.25, 0.3) is 22.7 Å². The largest absolute Gasteiger partial charge is 0.423 e. The molecule has 0 aromatic heterocycles. The zero-order valence-corrected chi connectivity index (χ0v) is 19.3. The van der Waals surface area contributed by atoms with Gasteiger partial charge in [0.05, 0.1) is 37.4 Å². The van der Waals surface area contributed by atoms with E-state index in [1.807, 2.05) is 0 Å². The molecular weight excluding hydrogens is 528 g/mol. The molecule has 0 radical (unpaired) electrons. The Balaban J connectivity index is 1.97. The minimum atomic E-state index is -1.38. The lowest BCUT2D eigenvalue weighted by Gasteiger charge is -2.11. The van der Waals surface area contributed by atoms with Gasteiger partial charge in [0.2, 0.25) is 0 Å². The average molecular weight is 540 g/mol. The number of ketones is 1. The second kappa shape index (κ2) is 10.9. The summed E-state index contributed by atoms with van der Waals surface area (Å²) in [7, 11) is 0. The highest BCUT2D eigenvalue weighted by Gasteiger charge is 2.28. The molecule has 0 saturated carbocycles. The molecule has 198 valence electrons. The molecule has 0 N–H and O–H groups in total. The highest BCUT2D eigenvalue weighted by molar-refractivity contribution is 6.01. The van der Waals surface area contributed by atoms with E-state index in [0.29, 0.717) is 12.1 Å². The molecule has 0 aliphatic carbocycles. The third-order valence-electron chi connectivity index (χ3n) is 4.96. The lowest BCUT2D eigenvalue weighted by atomic mass is 10.1. The SMILES string of the molecule is CC(=O)c1ccc(OC(=O)c2ccc([N+](=O)[O-])cc2[N+](=O)[O-])cc1OC(=O)c1ccc([N+](=O)[O-])cc1[N+](=O)[O-]. The van der Waals surface area contributed by atoms with Crippen LogP contribution < -0.4 is 9.47 Å². The van der Waals surface area contributed by atoms with E-state index in [1.54, 1.807) is 0 Å². The molecule has 0 atom stereocenters. The van der Waals surface area contributed by atoms with Gasteiger partial charge in [-0.25, -0.2) is 9.59 Å². The number of non-ortho nitro benzene ring substituents is 2. The van der Waals surface area contributed by atoms with E-state index in [0.717, 1.165) is 49.4 Å². The normalized spacial score (nSPS) is 10.3. The molecule has 0 aliphatic rings. The van der Waals surface area contributed by atoms with Gasteiger partial charge in [0.1, 0.15) is 22.6 Å². The third kappa shape index (κ3) is 6.00. The predicted octanol–water partition coefficient (Wildman–Crippen LogP) is 3.96. The monoisotopic (exact) mass is 540 g/mol. The summed E-state index contributed by atoms with van der Waals surface area (Å²) in [5.41, 5.74) is -4.77. The van der Waals surface area contributed by atoms with Gasteiger partial charge >= 0.3 is 11.9 Å². The fourth-order valence-electron chi connectivity index (χ4n) is 3.17. The zero-order chi connectivity index (χ0) is 29.0. The number of nitro groups is 4. The Hall–Kier alpha value is -6.13. The summed E-state index contributed by atoms with van der Waals surface area (Å²) in [5, 5.41) is 44.5. The Bertz CT molecular complexity index is 1600. The van der Waals surface area contributed by atoms with Gasteiger partial charge in [-0.1, -0.05) is 0 Å². The maximum atomic E-state index is 12.7. The summed E-state index contributed by atoms with van der Waals surface area (Å²) in [5.74, 6) is -4.26. The van der Waals surface area contributed by atoms with Crippen LogP contribution in [0.5, 0.6) is 11.5 Å². The van der Waals surface area contributed by atoms with Crippen LogP contribution in [0, 0.1) is 40.5 Å². The van der Waals surface area contributed by atoms with Crippen LogP contribution in [0.4, 0.5) is 22.7 Å². The highest BCUT2D eigenvalue weighted by Crippen LogP contribution is 2.31. The number of nitrogens with zero attached hydrogens (tertiary/aromatic N) is 4. The van der Waals surface area contributed by atoms with Crippen LogP contribution in [0.3, 0.4) is 0 Å². The minimum absolute atomic E-state index is 0.228. The van der Waals surface area contributed by atoms with Gasteiger partial charge in [-0.3, -0.25) is 45.3 Å². The van der Waals surface area contributed by atoms with Crippen molar-refractivity contribution in [3.63, 3.8) is 0 Å². The fourth-order valence-corrected chi connectivity index (χ4v) is 3.17. The summed E-state index contributed by atoms with van der Waals surface area (Å²) >= 11 is 0. The van der Waals surface area contributed by atoms with Gasteiger partial charge in [0, 0.05) is 18.2 Å². The number of carbonyl (C=O) groups excluding carboxylic acids is 3. The molecule has 0 unspecified atom stereocenters. The van der Waals surface area contributed by atoms with Crippen molar-refractivity contribution in [2.45, 2.75) is 6.92 Å². The molecule has 3 aromatic rings. The number of esters is 2. The van der Waals surface area contributed by atoms with Crippen molar-refractivity contribution in [3.05, 3.63) is 112 Å². The highest BCUT2D eigenvalue weighted by atomic mass is 16.6. The van der Waals surface area contributed by atoms with E-state index in [4.69, 9.17) is 9.47 Å². The maximum absolute atomic E-state index is 12.7. The average Bonchev–Trinajstić information content (AvgIpc) is 2.87. The Morgan fingerprint density at radius 2 is 1.03 bits per heavy atom. The lowest BCUT2D eigenvalue weighted by molar-refractivity contribution is -0.394. The molecule has 17 heteroatoms. The van der Waals surface area contributed by atoms with Crippen LogP contribution in [-0.2, 0) is 0 Å². The second-order valence-corrected chi connectivity index (χ2v) is 7.42. The number of ether oxygens (including phenoxy) is 2. The Morgan fingerprint density at radius 1 is 0.590 bits per heavy atom. The van der Waals surface area contributed by atoms with Crippen LogP contribution in [0.1, 0.15) is 38.0 Å². The standard InChI is InChI=1S/C22H12N4O13/c1-11(27)15-7-4-14(38-21(28)16-5-2-12(23(30)31)8-18(16)25(34)35)10-20(15)39-22(29)17-6-3-13(24(32)33)9-19(17)26(36)37/h2-10H,1H3. The van der Waals surface area contributed by atoms with E-state index in [9.17, 15) is 54.8 Å². The summed E-state index contributed by atoms with van der Waals surface area (Å²) in [4.78, 5) is 77.9. The molecule has 0 fully saturated rings. The van der Waals surface area contributed by atoms with Gasteiger partial charge in [-0.05, 0) is 31.2 Å². The quantitative estimate of drug-likeness (QED) is 0.123. The Morgan fingerprint density at radius 3 is 1.44 bits per heavy atom. The molecule has 0 heterocycles. The predicted molar refractivity (Wildman–Crippen MR) is 126 cm³/mol. The second-order valence-electron chi connectivity index (χ2n) is 7.42. The van der Waals surface area contributed by atoms with Crippen LogP contribution >= 0.6 is 0 Å². The smallest absolute Gasteiger partial charge is 0.350 e. The topological polar surface area (TPSA) is 242 Å². The van der Waals surface area contributed by atoms with E-state index < -0.39 is 82.8 Å². The number of benzene rings is 3. The summed E-state index contributed by atoms with van der Waals surface area (Å²) in [6.45, 7) is 1.09. The van der Waals surface area contributed by atoms with Crippen LogP contribution in [0.15, 0.2) is 54.6 Å². The number of hydrogen-bond acceptors (Lipinski definition) is 13. The third-order valence-corrected chi connectivity index (χ3v) is 4.96. The molecule has 0 aliphatic heterocycles. The van der Waals surface area contributed by atoms with Crippen molar-refractivity contribution in [1.29, 1.82) is 0 Å². The molecule has 0 spiro atoms. The zero-order valence-electron chi connectivity index (χ0n) is 19.3. The molecule has 0 amide bonds. The summed E-state index contributed by atoms with van der Waals surface area (Å²) < 4.78 is 10.2. The van der Waals surface area contributed by atoms with Crippen molar-refractivity contribution < 1.29 is 43.6 Å². The maximum Gasteiger partial charge on any atom is 0.350 e. The van der Waals surface area contributed by atoms with E-state index in [-0.39, 0.29) is 5.56 Å². The van der Waals surface area contributed by atoms with Crippen molar-refractivity contribution in [2.75, 3.05) is 0 Å². The van der Waals surface area contributed by atoms with Crippen LogP contribution in [0.25, 0.3) is 0 Å². The van der Waals surface area contributed by atoms with Crippen molar-refractivity contribution in [2.24, 2.45) is 0 Å². The summed E-state index contributed by atoms with van der Waals surface area (Å²) in [6, 6.07) is 7.37. The first-order valence-corrected chi connectivity index (χ1v) is 10.2. The first-order chi connectivity index (χ1) is 18.3. The lowest BCUT2D eigenvalue weighted by Crippen LogP contribution is -2.14. The van der Waals surface area contributed by atoms with Gasteiger partial charge in [-0.15, -0.1) is 0 Å².